The second kappa shape index (κ2) is 8.95. The molecule has 1 saturated heterocycles. The van der Waals surface area contributed by atoms with Crippen LogP contribution < -0.4 is 9.64 Å². The van der Waals surface area contributed by atoms with E-state index in [0.717, 1.165) is 42.8 Å². The third kappa shape index (κ3) is 4.03. The van der Waals surface area contributed by atoms with E-state index in [1.807, 2.05) is 12.1 Å². The number of hydrogen-bond acceptors (Lipinski definition) is 3. The maximum absolute atomic E-state index is 13.8. The van der Waals surface area contributed by atoms with Crippen molar-refractivity contribution in [3.05, 3.63) is 72.2 Å². The van der Waals surface area contributed by atoms with Crippen molar-refractivity contribution in [2.75, 3.05) is 38.2 Å². The molecule has 5 heteroatoms. The molecule has 3 aromatic carbocycles. The zero-order valence-electron chi connectivity index (χ0n) is 19.8. The van der Waals surface area contributed by atoms with Gasteiger partial charge in [0.1, 0.15) is 11.6 Å². The lowest BCUT2D eigenvalue weighted by Gasteiger charge is -2.42. The number of nitrogens with one attached hydrogen (secondary N) is 1. The number of nitrogens with zero attached hydrogens (tertiary/aromatic N) is 2. The van der Waals surface area contributed by atoms with Gasteiger partial charge < -0.3 is 14.6 Å². The number of rotatable bonds is 4. The lowest BCUT2D eigenvalue weighted by Crippen LogP contribution is -2.51. The number of benzene rings is 3. The fraction of sp³-hybridized carbons (Fsp3) is 0.379. The molecule has 0 spiro atoms. The standard InChI is InChI=1S/C29H32FN3O/c1-34-26-10-5-21-16-25(9-4-22(21)17-26)33-14-12-32(13-15-33)24-7-2-20(3-8-24)28-19-31-29-11-6-23(30)18-27(28)29/h4-6,9-11,16-20,24,31H,2-3,7-8,12-15H2,1H3. The molecule has 2 aliphatic rings. The number of hydrogen-bond donors (Lipinski definition) is 1. The van der Waals surface area contributed by atoms with Crippen LogP contribution in [0.1, 0.15) is 37.2 Å². The fourth-order valence-corrected chi connectivity index (χ4v) is 6.08. The van der Waals surface area contributed by atoms with Crippen LogP contribution in [-0.2, 0) is 0 Å². The van der Waals surface area contributed by atoms with Gasteiger partial charge in [0.05, 0.1) is 7.11 Å². The highest BCUT2D eigenvalue weighted by atomic mass is 19.1. The topological polar surface area (TPSA) is 31.5 Å². The molecule has 0 amide bonds. The molecule has 2 heterocycles. The highest BCUT2D eigenvalue weighted by molar-refractivity contribution is 5.87. The molecule has 4 aromatic rings. The van der Waals surface area contributed by atoms with Gasteiger partial charge in [0.25, 0.3) is 0 Å². The molecule has 4 nitrogen and oxygen atoms in total. The van der Waals surface area contributed by atoms with Gasteiger partial charge in [-0.1, -0.05) is 12.1 Å². The Kier molecular flexibility index (Phi) is 5.66. The highest BCUT2D eigenvalue weighted by Crippen LogP contribution is 2.38. The van der Waals surface area contributed by atoms with Crippen molar-refractivity contribution in [2.24, 2.45) is 0 Å². The Morgan fingerprint density at radius 2 is 1.62 bits per heavy atom. The fourth-order valence-electron chi connectivity index (χ4n) is 6.08. The molecule has 0 atom stereocenters. The Morgan fingerprint density at radius 1 is 0.853 bits per heavy atom. The lowest BCUT2D eigenvalue weighted by atomic mass is 9.81. The molecule has 1 aliphatic heterocycles. The monoisotopic (exact) mass is 457 g/mol. The van der Waals surface area contributed by atoms with Crippen LogP contribution in [0, 0.1) is 5.82 Å². The van der Waals surface area contributed by atoms with E-state index in [1.165, 1.54) is 53.8 Å². The van der Waals surface area contributed by atoms with Crippen molar-refractivity contribution in [1.29, 1.82) is 0 Å². The van der Waals surface area contributed by atoms with Crippen LogP contribution in [0.25, 0.3) is 21.7 Å². The average Bonchev–Trinajstić information content (AvgIpc) is 3.31. The Balaban J connectivity index is 1.07. The van der Waals surface area contributed by atoms with Gasteiger partial charge in [-0.05, 0) is 90.4 Å². The molecular weight excluding hydrogens is 425 g/mol. The van der Waals surface area contributed by atoms with Crippen molar-refractivity contribution < 1.29 is 9.13 Å². The van der Waals surface area contributed by atoms with Crippen molar-refractivity contribution in [1.82, 2.24) is 9.88 Å². The van der Waals surface area contributed by atoms with Gasteiger partial charge in [0.2, 0.25) is 0 Å². The second-order valence-electron chi connectivity index (χ2n) is 9.86. The first-order valence-corrected chi connectivity index (χ1v) is 12.5. The summed E-state index contributed by atoms with van der Waals surface area (Å²) in [7, 11) is 1.71. The summed E-state index contributed by atoms with van der Waals surface area (Å²) in [6, 6.07) is 18.8. The number of aromatic amines is 1. The van der Waals surface area contributed by atoms with Crippen LogP contribution in [-0.4, -0.2) is 49.2 Å². The maximum Gasteiger partial charge on any atom is 0.123 e. The van der Waals surface area contributed by atoms with Crippen molar-refractivity contribution in [3.8, 4) is 5.75 Å². The van der Waals surface area contributed by atoms with E-state index < -0.39 is 0 Å². The quantitative estimate of drug-likeness (QED) is 0.389. The van der Waals surface area contributed by atoms with E-state index in [-0.39, 0.29) is 5.82 Å². The van der Waals surface area contributed by atoms with Crippen LogP contribution in [0.3, 0.4) is 0 Å². The van der Waals surface area contributed by atoms with Gasteiger partial charge in [0, 0.05) is 55.0 Å². The SMILES string of the molecule is COc1ccc2cc(N3CCN(C4CCC(c5c[nH]c6ccc(F)cc56)CC4)CC3)ccc2c1. The molecule has 0 unspecified atom stereocenters. The molecule has 1 saturated carbocycles. The summed E-state index contributed by atoms with van der Waals surface area (Å²) in [6.45, 7) is 4.38. The van der Waals surface area contributed by atoms with Crippen molar-refractivity contribution in [2.45, 2.75) is 37.6 Å². The van der Waals surface area contributed by atoms with Crippen LogP contribution in [0.2, 0.25) is 0 Å². The van der Waals surface area contributed by atoms with Crippen LogP contribution in [0.5, 0.6) is 5.75 Å². The van der Waals surface area contributed by atoms with E-state index in [9.17, 15) is 4.39 Å². The number of H-pyrrole nitrogens is 1. The number of fused-ring (bicyclic) bond motifs is 2. The van der Waals surface area contributed by atoms with E-state index in [1.54, 1.807) is 13.2 Å². The first-order chi connectivity index (χ1) is 16.7. The summed E-state index contributed by atoms with van der Waals surface area (Å²) in [5, 5.41) is 3.54. The maximum atomic E-state index is 13.8. The minimum absolute atomic E-state index is 0.147. The first kappa shape index (κ1) is 21.5. The van der Waals surface area contributed by atoms with Gasteiger partial charge in [-0.2, -0.15) is 0 Å². The second-order valence-corrected chi connectivity index (χ2v) is 9.86. The van der Waals surface area contributed by atoms with Gasteiger partial charge in [-0.25, -0.2) is 4.39 Å². The largest absolute Gasteiger partial charge is 0.497 e. The molecular formula is C29H32FN3O. The highest BCUT2D eigenvalue weighted by Gasteiger charge is 2.30. The molecule has 1 aliphatic carbocycles. The molecule has 0 bridgehead atoms. The summed E-state index contributed by atoms with van der Waals surface area (Å²) >= 11 is 0. The van der Waals surface area contributed by atoms with Gasteiger partial charge >= 0.3 is 0 Å². The number of ether oxygens (including phenoxy) is 1. The molecule has 0 radical (unpaired) electrons. The summed E-state index contributed by atoms with van der Waals surface area (Å²) < 4.78 is 19.2. The summed E-state index contributed by atoms with van der Waals surface area (Å²) in [5.41, 5.74) is 3.65. The van der Waals surface area contributed by atoms with Crippen molar-refractivity contribution >= 4 is 27.4 Å². The Hall–Kier alpha value is -3.05. The predicted molar refractivity (Wildman–Crippen MR) is 138 cm³/mol. The Bertz CT molecular complexity index is 1300. The minimum atomic E-state index is -0.147. The number of halogens is 1. The summed E-state index contributed by atoms with van der Waals surface area (Å²) in [6.07, 6.45) is 6.92. The van der Waals surface area contributed by atoms with Gasteiger partial charge in [0.15, 0.2) is 0 Å². The molecule has 1 N–H and O–H groups in total. The summed E-state index contributed by atoms with van der Waals surface area (Å²) in [5.74, 6) is 1.29. The third-order valence-electron chi connectivity index (χ3n) is 8.04. The zero-order chi connectivity index (χ0) is 23.1. The lowest BCUT2D eigenvalue weighted by molar-refractivity contribution is 0.141. The Labute approximate surface area is 200 Å². The molecule has 6 rings (SSSR count). The third-order valence-corrected chi connectivity index (χ3v) is 8.04. The zero-order valence-corrected chi connectivity index (χ0v) is 19.8. The Morgan fingerprint density at radius 3 is 2.41 bits per heavy atom. The smallest absolute Gasteiger partial charge is 0.123 e. The minimum Gasteiger partial charge on any atom is -0.497 e. The average molecular weight is 458 g/mol. The van der Waals surface area contributed by atoms with Crippen LogP contribution in [0.15, 0.2) is 60.8 Å². The van der Waals surface area contributed by atoms with E-state index in [4.69, 9.17) is 4.74 Å². The van der Waals surface area contributed by atoms with E-state index >= 15 is 0 Å². The number of aromatic nitrogens is 1. The number of methoxy groups -OCH3 is 1. The van der Waals surface area contributed by atoms with Crippen LogP contribution >= 0.6 is 0 Å². The predicted octanol–water partition coefficient (Wildman–Crippen LogP) is 6.32. The van der Waals surface area contributed by atoms with Crippen molar-refractivity contribution in [3.63, 3.8) is 0 Å². The van der Waals surface area contributed by atoms with E-state index in [2.05, 4.69) is 51.3 Å². The van der Waals surface area contributed by atoms with E-state index in [0.29, 0.717) is 12.0 Å². The van der Waals surface area contributed by atoms with Gasteiger partial charge in [-0.3, -0.25) is 4.90 Å². The number of piperazine rings is 1. The first-order valence-electron chi connectivity index (χ1n) is 12.5. The van der Waals surface area contributed by atoms with Crippen LogP contribution in [0.4, 0.5) is 10.1 Å². The molecule has 1 aromatic heterocycles. The van der Waals surface area contributed by atoms with Gasteiger partial charge in [-0.15, -0.1) is 0 Å². The normalized spacial score (nSPS) is 21.9. The molecule has 176 valence electrons. The summed E-state index contributed by atoms with van der Waals surface area (Å²) in [4.78, 5) is 8.56. The molecule has 34 heavy (non-hydrogen) atoms. The number of anilines is 1. The molecule has 2 fully saturated rings.